The van der Waals surface area contributed by atoms with Crippen molar-refractivity contribution < 1.29 is 9.21 Å². The minimum Gasteiger partial charge on any atom is -0.440 e. The molecule has 2 heterocycles. The lowest BCUT2D eigenvalue weighted by molar-refractivity contribution is -0.123. The van der Waals surface area contributed by atoms with Gasteiger partial charge >= 0.3 is 0 Å². The topological polar surface area (TPSA) is 57.8 Å². The molecular formula is C19H27N3O2. The molecule has 4 rings (SSSR count). The van der Waals surface area contributed by atoms with Gasteiger partial charge in [0.15, 0.2) is 5.88 Å². The lowest BCUT2D eigenvalue weighted by Crippen LogP contribution is -2.28. The summed E-state index contributed by atoms with van der Waals surface area (Å²) in [6.07, 6.45) is 10.2. The Morgan fingerprint density at radius 2 is 2.12 bits per heavy atom. The van der Waals surface area contributed by atoms with Crippen LogP contribution in [0.1, 0.15) is 57.6 Å². The van der Waals surface area contributed by atoms with Gasteiger partial charge in [-0.1, -0.05) is 19.8 Å². The monoisotopic (exact) mass is 329 g/mol. The van der Waals surface area contributed by atoms with Gasteiger partial charge in [-0.3, -0.25) is 4.79 Å². The number of nitrogens with one attached hydrogen (secondary N) is 1. The van der Waals surface area contributed by atoms with E-state index in [1.807, 2.05) is 12.1 Å². The summed E-state index contributed by atoms with van der Waals surface area (Å²) in [6, 6.07) is 3.91. The molecule has 5 heteroatoms. The van der Waals surface area contributed by atoms with Crippen LogP contribution in [0.2, 0.25) is 0 Å². The number of fused-ring (bicyclic) bond motifs is 1. The summed E-state index contributed by atoms with van der Waals surface area (Å²) < 4.78 is 5.82. The summed E-state index contributed by atoms with van der Waals surface area (Å²) in [5, 5.41) is 4.11. The molecule has 1 amide bonds. The molecule has 0 bridgehead atoms. The van der Waals surface area contributed by atoms with Gasteiger partial charge in [0.2, 0.25) is 5.91 Å². The highest BCUT2D eigenvalue weighted by atomic mass is 16.4. The molecule has 24 heavy (non-hydrogen) atoms. The Morgan fingerprint density at radius 3 is 2.88 bits per heavy atom. The molecule has 0 radical (unpaired) electrons. The van der Waals surface area contributed by atoms with Gasteiger partial charge in [0.05, 0.1) is 6.21 Å². The summed E-state index contributed by atoms with van der Waals surface area (Å²) in [5.41, 5.74) is 2.95. The number of hydrogen-bond acceptors (Lipinski definition) is 4. The SMILES string of the molecule is C[C@]12CCCC[C@@H]1[C@H]2C(=O)N/N=C\c1ccc(N2CCCCC2)o1. The molecule has 0 unspecified atom stereocenters. The van der Waals surface area contributed by atoms with Crippen LogP contribution in [0.25, 0.3) is 0 Å². The molecule has 0 spiro atoms. The summed E-state index contributed by atoms with van der Waals surface area (Å²) >= 11 is 0. The van der Waals surface area contributed by atoms with Gasteiger partial charge in [-0.05, 0) is 49.5 Å². The van der Waals surface area contributed by atoms with Crippen molar-refractivity contribution in [2.75, 3.05) is 18.0 Å². The Hall–Kier alpha value is -1.78. The number of furan rings is 1. The maximum absolute atomic E-state index is 12.4. The minimum atomic E-state index is 0.0726. The Balaban J connectivity index is 1.31. The highest BCUT2D eigenvalue weighted by molar-refractivity contribution is 5.85. The Labute approximate surface area is 143 Å². The molecule has 5 nitrogen and oxygen atoms in total. The van der Waals surface area contributed by atoms with E-state index in [-0.39, 0.29) is 17.2 Å². The zero-order valence-electron chi connectivity index (χ0n) is 14.5. The number of anilines is 1. The highest BCUT2D eigenvalue weighted by Gasteiger charge is 2.64. The minimum absolute atomic E-state index is 0.0726. The van der Waals surface area contributed by atoms with E-state index in [0.717, 1.165) is 19.0 Å². The van der Waals surface area contributed by atoms with Crippen LogP contribution in [-0.2, 0) is 4.79 Å². The Kier molecular flexibility index (Phi) is 4.10. The Bertz CT molecular complexity index is 632. The van der Waals surface area contributed by atoms with E-state index >= 15 is 0 Å². The Morgan fingerprint density at radius 1 is 1.29 bits per heavy atom. The van der Waals surface area contributed by atoms with E-state index in [0.29, 0.717) is 11.7 Å². The fourth-order valence-electron chi connectivity index (χ4n) is 4.78. The van der Waals surface area contributed by atoms with Gasteiger partial charge in [0.25, 0.3) is 0 Å². The van der Waals surface area contributed by atoms with Crippen LogP contribution in [-0.4, -0.2) is 25.2 Å². The van der Waals surface area contributed by atoms with Crippen LogP contribution in [0.4, 0.5) is 5.88 Å². The first-order valence-electron chi connectivity index (χ1n) is 9.36. The van der Waals surface area contributed by atoms with Crippen molar-refractivity contribution >= 4 is 18.0 Å². The van der Waals surface area contributed by atoms with E-state index in [2.05, 4.69) is 22.4 Å². The number of nitrogens with zero attached hydrogens (tertiary/aromatic N) is 2. The summed E-state index contributed by atoms with van der Waals surface area (Å²) in [4.78, 5) is 14.6. The second-order valence-corrected chi connectivity index (χ2v) is 7.79. The van der Waals surface area contributed by atoms with Crippen molar-refractivity contribution in [1.29, 1.82) is 0 Å². The fraction of sp³-hybridized carbons (Fsp3) is 0.684. The second-order valence-electron chi connectivity index (χ2n) is 7.79. The molecular weight excluding hydrogens is 302 g/mol. The van der Waals surface area contributed by atoms with Crippen LogP contribution in [0.3, 0.4) is 0 Å². The van der Waals surface area contributed by atoms with Crippen molar-refractivity contribution in [3.63, 3.8) is 0 Å². The lowest BCUT2D eigenvalue weighted by atomic mass is 9.90. The predicted molar refractivity (Wildman–Crippen MR) is 94.1 cm³/mol. The molecule has 3 aliphatic rings. The van der Waals surface area contributed by atoms with Gasteiger partial charge in [-0.2, -0.15) is 5.10 Å². The van der Waals surface area contributed by atoms with Crippen molar-refractivity contribution in [3.8, 4) is 0 Å². The third-order valence-corrected chi connectivity index (χ3v) is 6.26. The first-order valence-corrected chi connectivity index (χ1v) is 9.36. The number of carbonyl (C=O) groups is 1. The molecule has 1 aromatic heterocycles. The molecule has 130 valence electrons. The van der Waals surface area contributed by atoms with Gasteiger partial charge in [-0.25, -0.2) is 5.43 Å². The summed E-state index contributed by atoms with van der Waals surface area (Å²) in [6.45, 7) is 4.37. The number of carbonyl (C=O) groups excluding carboxylic acids is 1. The van der Waals surface area contributed by atoms with Gasteiger partial charge in [-0.15, -0.1) is 0 Å². The van der Waals surface area contributed by atoms with Crippen molar-refractivity contribution in [2.45, 2.75) is 51.9 Å². The third kappa shape index (κ3) is 2.85. The number of rotatable bonds is 4. The molecule has 1 aliphatic heterocycles. The quantitative estimate of drug-likeness (QED) is 0.679. The average Bonchev–Trinajstić information content (AvgIpc) is 2.97. The normalized spacial score (nSPS) is 32.6. The average molecular weight is 329 g/mol. The predicted octanol–water partition coefficient (Wildman–Crippen LogP) is 3.55. The van der Waals surface area contributed by atoms with Crippen LogP contribution in [0.5, 0.6) is 0 Å². The maximum Gasteiger partial charge on any atom is 0.244 e. The molecule has 3 atom stereocenters. The molecule has 2 aliphatic carbocycles. The second kappa shape index (κ2) is 6.26. The summed E-state index contributed by atoms with van der Waals surface area (Å²) in [5.74, 6) is 2.38. The molecule has 1 saturated heterocycles. The van der Waals surface area contributed by atoms with Crippen LogP contribution < -0.4 is 10.3 Å². The highest BCUT2D eigenvalue weighted by Crippen LogP contribution is 2.66. The van der Waals surface area contributed by atoms with Crippen molar-refractivity contribution in [1.82, 2.24) is 5.43 Å². The molecule has 2 saturated carbocycles. The lowest BCUT2D eigenvalue weighted by Gasteiger charge is -2.25. The largest absolute Gasteiger partial charge is 0.440 e. The van der Waals surface area contributed by atoms with E-state index in [4.69, 9.17) is 4.42 Å². The first kappa shape index (κ1) is 15.7. The number of hydrazone groups is 1. The molecule has 1 N–H and O–H groups in total. The molecule has 1 aromatic rings. The van der Waals surface area contributed by atoms with E-state index in [1.165, 1.54) is 44.9 Å². The zero-order chi connectivity index (χ0) is 16.6. The number of hydrogen-bond donors (Lipinski definition) is 1. The van der Waals surface area contributed by atoms with Gasteiger partial charge < -0.3 is 9.32 Å². The third-order valence-electron chi connectivity index (χ3n) is 6.26. The first-order chi connectivity index (χ1) is 11.7. The van der Waals surface area contributed by atoms with Crippen LogP contribution >= 0.6 is 0 Å². The maximum atomic E-state index is 12.4. The smallest absolute Gasteiger partial charge is 0.244 e. The van der Waals surface area contributed by atoms with Gasteiger partial charge in [0, 0.05) is 25.1 Å². The number of amides is 1. The van der Waals surface area contributed by atoms with Crippen LogP contribution in [0.15, 0.2) is 21.7 Å². The van der Waals surface area contributed by atoms with Crippen molar-refractivity contribution in [3.05, 3.63) is 17.9 Å². The van der Waals surface area contributed by atoms with E-state index in [9.17, 15) is 4.79 Å². The van der Waals surface area contributed by atoms with Crippen LogP contribution in [0, 0.1) is 17.3 Å². The van der Waals surface area contributed by atoms with E-state index in [1.54, 1.807) is 6.21 Å². The molecule has 3 fully saturated rings. The zero-order valence-corrected chi connectivity index (χ0v) is 14.5. The number of piperidine rings is 1. The van der Waals surface area contributed by atoms with E-state index < -0.39 is 0 Å². The molecule has 0 aromatic carbocycles. The standard InChI is InChI=1S/C19H27N3O2/c1-19-10-4-3-7-15(19)17(19)18(23)21-20-13-14-8-9-16(24-14)22-11-5-2-6-12-22/h8-9,13,15,17H,2-7,10-12H2,1H3,(H,21,23)/b20-13-/t15-,17+,19+/m1/s1. The summed E-state index contributed by atoms with van der Waals surface area (Å²) in [7, 11) is 0. The van der Waals surface area contributed by atoms with Gasteiger partial charge in [0.1, 0.15) is 5.76 Å². The van der Waals surface area contributed by atoms with Crippen molar-refractivity contribution in [2.24, 2.45) is 22.4 Å². The fourth-order valence-corrected chi connectivity index (χ4v) is 4.78.